The zero-order valence-corrected chi connectivity index (χ0v) is 39.7. The van der Waals surface area contributed by atoms with Gasteiger partial charge in [-0.1, -0.05) is 247 Å². The first-order valence-electron chi connectivity index (χ1n) is 25.7. The van der Waals surface area contributed by atoms with Gasteiger partial charge in [-0.15, -0.1) is 0 Å². The van der Waals surface area contributed by atoms with E-state index in [9.17, 15) is 14.4 Å². The molecule has 0 heterocycles. The molecule has 1 atom stereocenters. The molecule has 0 aliphatic heterocycles. The van der Waals surface area contributed by atoms with E-state index in [0.717, 1.165) is 69.6 Å². The minimum atomic E-state index is -0.761. The predicted molar refractivity (Wildman–Crippen MR) is 247 cm³/mol. The summed E-state index contributed by atoms with van der Waals surface area (Å²) in [5, 5.41) is 0. The van der Waals surface area contributed by atoms with Crippen molar-refractivity contribution < 1.29 is 28.6 Å². The van der Waals surface area contributed by atoms with Gasteiger partial charge in [-0.25, -0.2) is 0 Å². The second-order valence-corrected chi connectivity index (χ2v) is 18.8. The molecular formula is C52H100O6. The highest BCUT2D eigenvalue weighted by Crippen LogP contribution is 2.17. The number of carbonyl (C=O) groups excluding carboxylic acids is 3. The van der Waals surface area contributed by atoms with E-state index >= 15 is 0 Å². The Balaban J connectivity index is 4.31. The predicted octanol–water partition coefficient (Wildman–Crippen LogP) is 16.5. The summed E-state index contributed by atoms with van der Waals surface area (Å²) in [5.41, 5.74) is 0. The van der Waals surface area contributed by atoms with E-state index in [1.807, 2.05) is 0 Å². The molecule has 0 aromatic heterocycles. The lowest BCUT2D eigenvalue weighted by Crippen LogP contribution is -2.30. The molecule has 0 aromatic rings. The van der Waals surface area contributed by atoms with Crippen molar-refractivity contribution in [2.75, 3.05) is 13.2 Å². The third-order valence-corrected chi connectivity index (χ3v) is 11.7. The molecule has 0 saturated carbocycles. The van der Waals surface area contributed by atoms with Crippen LogP contribution in [-0.2, 0) is 28.6 Å². The number of hydrogen-bond acceptors (Lipinski definition) is 6. The minimum absolute atomic E-state index is 0.0639. The molecule has 0 amide bonds. The van der Waals surface area contributed by atoms with Crippen molar-refractivity contribution in [3.63, 3.8) is 0 Å². The van der Waals surface area contributed by atoms with Crippen LogP contribution in [0.15, 0.2) is 0 Å². The Hall–Kier alpha value is -1.59. The fourth-order valence-electron chi connectivity index (χ4n) is 7.81. The molecule has 0 radical (unpaired) electrons. The van der Waals surface area contributed by atoms with Crippen LogP contribution in [0, 0.1) is 11.8 Å². The summed E-state index contributed by atoms with van der Waals surface area (Å²) >= 11 is 0. The zero-order chi connectivity index (χ0) is 42.6. The second kappa shape index (κ2) is 44.9. The van der Waals surface area contributed by atoms with Crippen LogP contribution < -0.4 is 0 Å². The van der Waals surface area contributed by atoms with Gasteiger partial charge >= 0.3 is 17.9 Å². The van der Waals surface area contributed by atoms with Gasteiger partial charge in [0, 0.05) is 19.3 Å². The van der Waals surface area contributed by atoms with E-state index in [1.54, 1.807) is 0 Å². The molecule has 0 aliphatic carbocycles. The highest BCUT2D eigenvalue weighted by atomic mass is 16.6. The van der Waals surface area contributed by atoms with Crippen LogP contribution in [0.25, 0.3) is 0 Å². The summed E-state index contributed by atoms with van der Waals surface area (Å²) < 4.78 is 16.8. The number of ether oxygens (including phenoxy) is 3. The number of unbranched alkanes of at least 4 members (excludes halogenated alkanes) is 31. The Bertz CT molecular complexity index is 885. The molecule has 0 rings (SSSR count). The first-order valence-corrected chi connectivity index (χ1v) is 25.7. The first kappa shape index (κ1) is 56.4. The van der Waals surface area contributed by atoms with Gasteiger partial charge < -0.3 is 14.2 Å². The normalized spacial score (nSPS) is 12.1. The summed E-state index contributed by atoms with van der Waals surface area (Å²) in [5.74, 6) is 0.779. The average molecular weight is 821 g/mol. The highest BCUT2D eigenvalue weighted by Gasteiger charge is 2.19. The number of esters is 3. The maximum atomic E-state index is 12.8. The van der Waals surface area contributed by atoms with Gasteiger partial charge in [0.1, 0.15) is 13.2 Å². The van der Waals surface area contributed by atoms with E-state index < -0.39 is 6.10 Å². The maximum absolute atomic E-state index is 12.8. The van der Waals surface area contributed by atoms with Crippen molar-refractivity contribution in [3.05, 3.63) is 0 Å². The average Bonchev–Trinajstić information content (AvgIpc) is 3.19. The topological polar surface area (TPSA) is 78.9 Å². The summed E-state index contributed by atoms with van der Waals surface area (Å²) in [6.07, 6.45) is 45.2. The fourth-order valence-corrected chi connectivity index (χ4v) is 7.81. The van der Waals surface area contributed by atoms with Crippen LogP contribution in [0.1, 0.15) is 285 Å². The summed E-state index contributed by atoms with van der Waals surface area (Å²) in [6, 6.07) is 0. The largest absolute Gasteiger partial charge is 0.462 e. The van der Waals surface area contributed by atoms with Crippen molar-refractivity contribution in [2.45, 2.75) is 291 Å². The molecule has 0 bridgehead atoms. The third kappa shape index (κ3) is 45.5. The van der Waals surface area contributed by atoms with Gasteiger partial charge in [0.2, 0.25) is 0 Å². The fraction of sp³-hybridized carbons (Fsp3) is 0.942. The minimum Gasteiger partial charge on any atom is -0.462 e. The van der Waals surface area contributed by atoms with Gasteiger partial charge in [0.05, 0.1) is 0 Å². The molecule has 0 aromatic carbocycles. The Labute approximate surface area is 361 Å². The molecule has 0 N–H and O–H groups in total. The molecule has 0 spiro atoms. The lowest BCUT2D eigenvalue weighted by atomic mass is 10.0. The quantitative estimate of drug-likeness (QED) is 0.0346. The zero-order valence-electron chi connectivity index (χ0n) is 39.7. The van der Waals surface area contributed by atoms with Crippen LogP contribution >= 0.6 is 0 Å². The van der Waals surface area contributed by atoms with Gasteiger partial charge in [-0.3, -0.25) is 14.4 Å². The van der Waals surface area contributed by atoms with Crippen LogP contribution in [0.5, 0.6) is 0 Å². The van der Waals surface area contributed by atoms with E-state index in [1.165, 1.54) is 173 Å². The van der Waals surface area contributed by atoms with Crippen molar-refractivity contribution in [2.24, 2.45) is 11.8 Å². The molecule has 0 unspecified atom stereocenters. The van der Waals surface area contributed by atoms with Crippen LogP contribution in [0.2, 0.25) is 0 Å². The number of carbonyl (C=O) groups is 3. The van der Waals surface area contributed by atoms with Crippen LogP contribution in [-0.4, -0.2) is 37.2 Å². The van der Waals surface area contributed by atoms with Crippen molar-refractivity contribution in [1.82, 2.24) is 0 Å². The molecule has 0 fully saturated rings. The molecule has 58 heavy (non-hydrogen) atoms. The van der Waals surface area contributed by atoms with Crippen molar-refractivity contribution >= 4 is 17.9 Å². The SMILES string of the molecule is CCCCCCCCCCCCCCCCC(=O)OC[C@@H](COC(=O)CCCCCCCCCCC(C)C)OC(=O)CCCCCCCCCCCCCCC(C)C. The highest BCUT2D eigenvalue weighted by molar-refractivity contribution is 5.71. The lowest BCUT2D eigenvalue weighted by molar-refractivity contribution is -0.167. The number of rotatable bonds is 46. The molecule has 0 aliphatic rings. The van der Waals surface area contributed by atoms with Crippen molar-refractivity contribution in [3.8, 4) is 0 Å². The maximum Gasteiger partial charge on any atom is 0.306 e. The van der Waals surface area contributed by atoms with Gasteiger partial charge in [0.25, 0.3) is 0 Å². The van der Waals surface area contributed by atoms with E-state index in [2.05, 4.69) is 34.6 Å². The lowest BCUT2D eigenvalue weighted by Gasteiger charge is -2.18. The van der Waals surface area contributed by atoms with E-state index in [-0.39, 0.29) is 31.1 Å². The Morgan fingerprint density at radius 1 is 0.328 bits per heavy atom. The summed E-state index contributed by atoms with van der Waals surface area (Å²) in [4.78, 5) is 37.9. The Kier molecular flexibility index (Phi) is 43.7. The van der Waals surface area contributed by atoms with Crippen LogP contribution in [0.3, 0.4) is 0 Å². The monoisotopic (exact) mass is 821 g/mol. The van der Waals surface area contributed by atoms with E-state index in [0.29, 0.717) is 19.3 Å². The molecular weight excluding hydrogens is 721 g/mol. The third-order valence-electron chi connectivity index (χ3n) is 11.7. The van der Waals surface area contributed by atoms with E-state index in [4.69, 9.17) is 14.2 Å². The van der Waals surface area contributed by atoms with Crippen molar-refractivity contribution in [1.29, 1.82) is 0 Å². The smallest absolute Gasteiger partial charge is 0.306 e. The molecule has 0 saturated heterocycles. The summed E-state index contributed by atoms with van der Waals surface area (Å²) in [6.45, 7) is 11.3. The first-order chi connectivity index (χ1) is 28.2. The standard InChI is InChI=1S/C52H100O6/c1-6-7-8-9-10-11-12-13-14-18-21-27-32-37-42-50(53)56-45-49(46-57-51(54)43-38-33-28-24-23-26-31-36-41-48(4)5)58-52(55)44-39-34-29-22-19-16-15-17-20-25-30-35-40-47(2)3/h47-49H,6-46H2,1-5H3/t49-/m0/s1. The Morgan fingerprint density at radius 2 is 0.569 bits per heavy atom. The van der Waals surface area contributed by atoms with Crippen LogP contribution in [0.4, 0.5) is 0 Å². The number of hydrogen-bond donors (Lipinski definition) is 0. The molecule has 6 heteroatoms. The van der Waals surface area contributed by atoms with Gasteiger partial charge in [-0.2, -0.15) is 0 Å². The van der Waals surface area contributed by atoms with Gasteiger partial charge in [-0.05, 0) is 31.1 Å². The Morgan fingerprint density at radius 3 is 0.845 bits per heavy atom. The summed E-state index contributed by atoms with van der Waals surface area (Å²) in [7, 11) is 0. The molecule has 344 valence electrons. The van der Waals surface area contributed by atoms with Gasteiger partial charge in [0.15, 0.2) is 6.10 Å². The second-order valence-electron chi connectivity index (χ2n) is 18.8. The molecule has 6 nitrogen and oxygen atoms in total.